The van der Waals surface area contributed by atoms with Crippen LogP contribution in [0.3, 0.4) is 0 Å². The normalized spacial score (nSPS) is 23.6. The van der Waals surface area contributed by atoms with E-state index in [1.807, 2.05) is 23.8 Å². The lowest BCUT2D eigenvalue weighted by atomic mass is 9.81. The predicted octanol–water partition coefficient (Wildman–Crippen LogP) is 1.51. The summed E-state index contributed by atoms with van der Waals surface area (Å²) in [5.74, 6) is 1.24. The van der Waals surface area contributed by atoms with Crippen LogP contribution in [0.15, 0.2) is 18.3 Å². The largest absolute Gasteiger partial charge is 0.378 e. The summed E-state index contributed by atoms with van der Waals surface area (Å²) in [4.78, 5) is 40.6. The Hall–Kier alpha value is -2.48. The highest BCUT2D eigenvalue weighted by molar-refractivity contribution is 5.95. The molecule has 0 aromatic carbocycles. The number of allylic oxidation sites excluding steroid dienone is 1. The van der Waals surface area contributed by atoms with Crippen LogP contribution in [-0.4, -0.2) is 84.6 Å². The summed E-state index contributed by atoms with van der Waals surface area (Å²) >= 11 is 0. The number of piperidine rings is 1. The molecule has 0 bridgehead atoms. The molecular weight excluding hydrogens is 382 g/mol. The van der Waals surface area contributed by atoms with Gasteiger partial charge in [-0.15, -0.1) is 0 Å². The second-order valence-electron chi connectivity index (χ2n) is 8.43. The minimum atomic E-state index is -0.0105. The minimum Gasteiger partial charge on any atom is -0.378 e. The van der Waals surface area contributed by atoms with Gasteiger partial charge in [0.25, 0.3) is 5.91 Å². The van der Waals surface area contributed by atoms with Crippen molar-refractivity contribution in [3.8, 4) is 0 Å². The lowest BCUT2D eigenvalue weighted by molar-refractivity contribution is -0.135. The Bertz CT molecular complexity index is 813. The number of carbonyl (C=O) groups is 2. The number of nitrogens with zero attached hydrogens (tertiary/aromatic N) is 5. The summed E-state index contributed by atoms with van der Waals surface area (Å²) < 4.78 is 5.38. The molecule has 2 fully saturated rings. The highest BCUT2D eigenvalue weighted by Gasteiger charge is 2.34. The number of aryl methyl sites for hydroxylation is 1. The molecule has 1 aromatic heterocycles. The van der Waals surface area contributed by atoms with Crippen molar-refractivity contribution in [2.45, 2.75) is 26.2 Å². The van der Waals surface area contributed by atoms with Crippen molar-refractivity contribution in [1.82, 2.24) is 19.8 Å². The first-order chi connectivity index (χ1) is 14.5. The van der Waals surface area contributed by atoms with E-state index in [2.05, 4.69) is 27.0 Å². The first kappa shape index (κ1) is 20.8. The molecule has 4 heterocycles. The fourth-order valence-corrected chi connectivity index (χ4v) is 4.60. The van der Waals surface area contributed by atoms with E-state index in [1.54, 1.807) is 6.20 Å². The van der Waals surface area contributed by atoms with Crippen molar-refractivity contribution >= 4 is 17.8 Å². The number of aromatic nitrogens is 2. The second-order valence-corrected chi connectivity index (χ2v) is 8.43. The lowest BCUT2D eigenvalue weighted by Crippen LogP contribution is -2.43. The summed E-state index contributed by atoms with van der Waals surface area (Å²) in [6.07, 6.45) is 8.37. The molecule has 2 amide bonds. The number of morpholine rings is 1. The van der Waals surface area contributed by atoms with Gasteiger partial charge in [-0.3, -0.25) is 9.59 Å². The van der Waals surface area contributed by atoms with Crippen LogP contribution in [0, 0.1) is 18.8 Å². The predicted molar refractivity (Wildman–Crippen MR) is 113 cm³/mol. The van der Waals surface area contributed by atoms with Crippen molar-refractivity contribution in [2.75, 3.05) is 57.9 Å². The summed E-state index contributed by atoms with van der Waals surface area (Å²) in [5, 5.41) is 0. The molecule has 3 aliphatic rings. The third-order valence-corrected chi connectivity index (χ3v) is 6.52. The number of amides is 2. The molecular formula is C22H31N5O3. The van der Waals surface area contributed by atoms with Crippen LogP contribution in [0.1, 0.15) is 35.3 Å². The number of rotatable bonds is 3. The third kappa shape index (κ3) is 4.33. The molecule has 8 nitrogen and oxygen atoms in total. The van der Waals surface area contributed by atoms with Crippen LogP contribution in [0.4, 0.5) is 5.95 Å². The summed E-state index contributed by atoms with van der Waals surface area (Å²) in [6.45, 7) is 6.79. The quantitative estimate of drug-likeness (QED) is 0.699. The number of carbonyl (C=O) groups excluding carboxylic acids is 2. The average Bonchev–Trinajstić information content (AvgIpc) is 2.95. The van der Waals surface area contributed by atoms with E-state index in [4.69, 9.17) is 4.74 Å². The molecule has 0 spiro atoms. The van der Waals surface area contributed by atoms with E-state index in [-0.39, 0.29) is 17.7 Å². The van der Waals surface area contributed by atoms with E-state index >= 15 is 0 Å². The highest BCUT2D eigenvalue weighted by atomic mass is 16.5. The number of hydrogen-bond acceptors (Lipinski definition) is 6. The maximum Gasteiger partial charge on any atom is 0.257 e. The van der Waals surface area contributed by atoms with Gasteiger partial charge in [-0.2, -0.15) is 0 Å². The molecule has 4 rings (SSSR count). The fraction of sp³-hybridized carbons (Fsp3) is 0.636. The van der Waals surface area contributed by atoms with E-state index in [9.17, 15) is 9.59 Å². The van der Waals surface area contributed by atoms with E-state index in [1.165, 1.54) is 0 Å². The average molecular weight is 414 g/mol. The van der Waals surface area contributed by atoms with Crippen molar-refractivity contribution in [2.24, 2.45) is 11.8 Å². The Morgan fingerprint density at radius 3 is 2.57 bits per heavy atom. The maximum atomic E-state index is 13.1. The molecule has 3 aliphatic heterocycles. The SMILES string of the molecule is Cc1nc(N2CCOCC2)ncc1C(=O)N1CCC([C@@H]2CC=CCN(C)C2=O)CC1. The number of likely N-dealkylation sites (N-methyl/N-ethyl adjacent to an activating group) is 1. The Morgan fingerprint density at radius 1 is 1.13 bits per heavy atom. The number of ether oxygens (including phenoxy) is 1. The molecule has 1 aromatic rings. The molecule has 0 saturated carbocycles. The zero-order valence-electron chi connectivity index (χ0n) is 17.9. The highest BCUT2D eigenvalue weighted by Crippen LogP contribution is 2.31. The van der Waals surface area contributed by atoms with E-state index in [0.29, 0.717) is 56.0 Å². The van der Waals surface area contributed by atoms with Crippen LogP contribution >= 0.6 is 0 Å². The molecule has 0 aliphatic carbocycles. The van der Waals surface area contributed by atoms with Crippen molar-refractivity contribution in [3.05, 3.63) is 29.6 Å². The molecule has 2 saturated heterocycles. The lowest BCUT2D eigenvalue weighted by Gasteiger charge is -2.36. The van der Waals surface area contributed by atoms with Crippen LogP contribution in [0.2, 0.25) is 0 Å². The van der Waals surface area contributed by atoms with Gasteiger partial charge in [-0.05, 0) is 32.1 Å². The smallest absolute Gasteiger partial charge is 0.257 e. The second kappa shape index (κ2) is 9.12. The summed E-state index contributed by atoms with van der Waals surface area (Å²) in [5.41, 5.74) is 1.28. The zero-order chi connectivity index (χ0) is 21.1. The Balaban J connectivity index is 1.38. The monoisotopic (exact) mass is 413 g/mol. The van der Waals surface area contributed by atoms with Gasteiger partial charge in [0.2, 0.25) is 11.9 Å². The molecule has 1 atom stereocenters. The number of likely N-dealkylation sites (tertiary alicyclic amines) is 1. The standard InChI is InChI=1S/C22H31N5O3/c1-16-19(15-23-22(24-16)27-11-13-30-14-12-27)21(29)26-9-6-17(7-10-26)18-5-3-4-8-25(2)20(18)28/h3-4,15,17-18H,5-14H2,1-2H3/t18-/m0/s1. The van der Waals surface area contributed by atoms with Gasteiger partial charge < -0.3 is 19.4 Å². The molecule has 0 N–H and O–H groups in total. The van der Waals surface area contributed by atoms with Gasteiger partial charge in [0.05, 0.1) is 24.5 Å². The number of anilines is 1. The zero-order valence-corrected chi connectivity index (χ0v) is 17.9. The van der Waals surface area contributed by atoms with Gasteiger partial charge in [0.15, 0.2) is 0 Å². The Morgan fingerprint density at radius 2 is 1.87 bits per heavy atom. The van der Waals surface area contributed by atoms with Gasteiger partial charge in [-0.25, -0.2) is 9.97 Å². The van der Waals surface area contributed by atoms with Crippen molar-refractivity contribution in [3.63, 3.8) is 0 Å². The Labute approximate surface area is 177 Å². The molecule has 0 radical (unpaired) electrons. The van der Waals surface area contributed by atoms with Crippen LogP contribution in [0.25, 0.3) is 0 Å². The maximum absolute atomic E-state index is 13.1. The van der Waals surface area contributed by atoms with Crippen LogP contribution in [-0.2, 0) is 9.53 Å². The third-order valence-electron chi connectivity index (χ3n) is 6.52. The van der Waals surface area contributed by atoms with Gasteiger partial charge in [0.1, 0.15) is 0 Å². The summed E-state index contributed by atoms with van der Waals surface area (Å²) in [6, 6.07) is 0. The van der Waals surface area contributed by atoms with Crippen molar-refractivity contribution in [1.29, 1.82) is 0 Å². The van der Waals surface area contributed by atoms with E-state index < -0.39 is 0 Å². The fourth-order valence-electron chi connectivity index (χ4n) is 4.60. The minimum absolute atomic E-state index is 0.0105. The van der Waals surface area contributed by atoms with Crippen molar-refractivity contribution < 1.29 is 14.3 Å². The van der Waals surface area contributed by atoms with Gasteiger partial charge in [-0.1, -0.05) is 12.2 Å². The first-order valence-electron chi connectivity index (χ1n) is 10.9. The Kier molecular flexibility index (Phi) is 6.32. The first-order valence-corrected chi connectivity index (χ1v) is 10.9. The summed E-state index contributed by atoms with van der Waals surface area (Å²) in [7, 11) is 1.87. The molecule has 8 heteroatoms. The molecule has 30 heavy (non-hydrogen) atoms. The van der Waals surface area contributed by atoms with Gasteiger partial charge >= 0.3 is 0 Å². The van der Waals surface area contributed by atoms with Crippen LogP contribution in [0.5, 0.6) is 0 Å². The van der Waals surface area contributed by atoms with E-state index in [0.717, 1.165) is 32.4 Å². The number of hydrogen-bond donors (Lipinski definition) is 0. The molecule has 0 unspecified atom stereocenters. The van der Waals surface area contributed by atoms with Crippen LogP contribution < -0.4 is 4.90 Å². The topological polar surface area (TPSA) is 78.9 Å². The molecule has 162 valence electrons. The van der Waals surface area contributed by atoms with Gasteiger partial charge in [0, 0.05) is 51.9 Å².